The summed E-state index contributed by atoms with van der Waals surface area (Å²) >= 11 is 0. The summed E-state index contributed by atoms with van der Waals surface area (Å²) < 4.78 is 0. The molecule has 2 heteroatoms. The molecule has 0 radical (unpaired) electrons. The third-order valence-corrected chi connectivity index (χ3v) is 2.46. The zero-order valence-corrected chi connectivity index (χ0v) is 9.58. The normalized spacial score (nSPS) is 10.7. The number of carboxylic acids is 1. The summed E-state index contributed by atoms with van der Waals surface area (Å²) in [6.45, 7) is 6.40. The Morgan fingerprint density at radius 1 is 1.33 bits per heavy atom. The lowest BCUT2D eigenvalue weighted by atomic mass is 9.95. The zero-order valence-electron chi connectivity index (χ0n) is 9.58. The number of aromatic carboxylic acids is 1. The first-order valence-corrected chi connectivity index (χ1v) is 5.39. The lowest BCUT2D eigenvalue weighted by Gasteiger charge is -2.11. The largest absolute Gasteiger partial charge is 0.478 e. The Morgan fingerprint density at radius 3 is 2.47 bits per heavy atom. The van der Waals surface area contributed by atoms with Crippen molar-refractivity contribution in [2.45, 2.75) is 33.6 Å². The van der Waals surface area contributed by atoms with Crippen molar-refractivity contribution in [3.63, 3.8) is 0 Å². The number of carboxylic acid groups (broad SMARTS) is 1. The van der Waals surface area contributed by atoms with Crippen LogP contribution in [0.15, 0.2) is 18.2 Å². The van der Waals surface area contributed by atoms with E-state index in [1.165, 1.54) is 5.56 Å². The van der Waals surface area contributed by atoms with Crippen LogP contribution in [0.25, 0.3) is 0 Å². The van der Waals surface area contributed by atoms with Gasteiger partial charge in [0, 0.05) is 0 Å². The third kappa shape index (κ3) is 3.08. The van der Waals surface area contributed by atoms with Crippen molar-refractivity contribution in [1.29, 1.82) is 0 Å². The van der Waals surface area contributed by atoms with Gasteiger partial charge in [0.1, 0.15) is 0 Å². The molecular formula is C13H18O2. The third-order valence-electron chi connectivity index (χ3n) is 2.46. The molecule has 1 aromatic rings. The number of rotatable bonds is 4. The van der Waals surface area contributed by atoms with E-state index in [-0.39, 0.29) is 0 Å². The Morgan fingerprint density at radius 2 is 2.00 bits per heavy atom. The molecule has 1 aromatic carbocycles. The molecule has 0 bridgehead atoms. The van der Waals surface area contributed by atoms with Gasteiger partial charge in [0.15, 0.2) is 0 Å². The van der Waals surface area contributed by atoms with Crippen molar-refractivity contribution < 1.29 is 9.90 Å². The van der Waals surface area contributed by atoms with Gasteiger partial charge in [0.05, 0.1) is 5.56 Å². The molecule has 0 unspecified atom stereocenters. The SMILES string of the molecule is CCc1cc(C(=O)O)ccc1CC(C)C. The summed E-state index contributed by atoms with van der Waals surface area (Å²) in [6, 6.07) is 5.43. The summed E-state index contributed by atoms with van der Waals surface area (Å²) in [6.07, 6.45) is 1.91. The Kier molecular flexibility index (Phi) is 3.89. The highest BCUT2D eigenvalue weighted by molar-refractivity contribution is 5.87. The van der Waals surface area contributed by atoms with Crippen LogP contribution in [-0.4, -0.2) is 11.1 Å². The van der Waals surface area contributed by atoms with Crippen LogP contribution >= 0.6 is 0 Å². The predicted molar refractivity (Wildman–Crippen MR) is 61.3 cm³/mol. The van der Waals surface area contributed by atoms with E-state index < -0.39 is 5.97 Å². The van der Waals surface area contributed by atoms with Crippen molar-refractivity contribution in [2.75, 3.05) is 0 Å². The van der Waals surface area contributed by atoms with Crippen molar-refractivity contribution in [1.82, 2.24) is 0 Å². The van der Waals surface area contributed by atoms with Gasteiger partial charge in [-0.1, -0.05) is 26.8 Å². The van der Waals surface area contributed by atoms with Crippen molar-refractivity contribution in [3.8, 4) is 0 Å². The molecule has 1 N–H and O–H groups in total. The quantitative estimate of drug-likeness (QED) is 0.821. The summed E-state index contributed by atoms with van der Waals surface area (Å²) in [4.78, 5) is 10.8. The number of hydrogen-bond acceptors (Lipinski definition) is 1. The van der Waals surface area contributed by atoms with Gasteiger partial charge in [0.2, 0.25) is 0 Å². The first-order chi connectivity index (χ1) is 7.04. The Bertz CT molecular complexity index is 354. The summed E-state index contributed by atoms with van der Waals surface area (Å²) in [7, 11) is 0. The second-order valence-electron chi connectivity index (χ2n) is 4.24. The van der Waals surface area contributed by atoms with E-state index in [2.05, 4.69) is 20.8 Å². The smallest absolute Gasteiger partial charge is 0.335 e. The minimum atomic E-state index is -0.846. The zero-order chi connectivity index (χ0) is 11.4. The van der Waals surface area contributed by atoms with E-state index in [4.69, 9.17) is 5.11 Å². The fourth-order valence-electron chi connectivity index (χ4n) is 1.73. The van der Waals surface area contributed by atoms with Crippen molar-refractivity contribution in [2.24, 2.45) is 5.92 Å². The topological polar surface area (TPSA) is 37.3 Å². The molecule has 0 aliphatic carbocycles. The maximum atomic E-state index is 10.8. The second kappa shape index (κ2) is 4.96. The van der Waals surface area contributed by atoms with Crippen LogP contribution in [-0.2, 0) is 12.8 Å². The molecule has 0 aromatic heterocycles. The first-order valence-electron chi connectivity index (χ1n) is 5.39. The maximum Gasteiger partial charge on any atom is 0.335 e. The van der Waals surface area contributed by atoms with Crippen LogP contribution in [0.1, 0.15) is 42.3 Å². The van der Waals surface area contributed by atoms with E-state index in [1.807, 2.05) is 6.07 Å². The van der Waals surface area contributed by atoms with E-state index in [0.29, 0.717) is 11.5 Å². The number of benzene rings is 1. The molecule has 0 atom stereocenters. The average Bonchev–Trinajstić information content (AvgIpc) is 2.17. The minimum Gasteiger partial charge on any atom is -0.478 e. The van der Waals surface area contributed by atoms with E-state index in [9.17, 15) is 4.79 Å². The van der Waals surface area contributed by atoms with Crippen LogP contribution < -0.4 is 0 Å². The molecule has 0 saturated heterocycles. The molecule has 0 spiro atoms. The molecule has 0 aliphatic rings. The average molecular weight is 206 g/mol. The highest BCUT2D eigenvalue weighted by Crippen LogP contribution is 2.16. The predicted octanol–water partition coefficient (Wildman–Crippen LogP) is 3.15. The van der Waals surface area contributed by atoms with Gasteiger partial charge >= 0.3 is 5.97 Å². The summed E-state index contributed by atoms with van der Waals surface area (Å²) in [5.74, 6) is -0.244. The number of aryl methyl sites for hydroxylation is 1. The van der Waals surface area contributed by atoms with Crippen LogP contribution in [0.4, 0.5) is 0 Å². The lowest BCUT2D eigenvalue weighted by Crippen LogP contribution is -2.03. The molecule has 0 amide bonds. The van der Waals surface area contributed by atoms with Gasteiger partial charge in [-0.15, -0.1) is 0 Å². The number of hydrogen-bond donors (Lipinski definition) is 1. The van der Waals surface area contributed by atoms with Gasteiger partial charge in [-0.05, 0) is 42.0 Å². The van der Waals surface area contributed by atoms with Gasteiger partial charge in [0.25, 0.3) is 0 Å². The molecule has 2 nitrogen and oxygen atoms in total. The van der Waals surface area contributed by atoms with Gasteiger partial charge < -0.3 is 5.11 Å². The summed E-state index contributed by atoms with van der Waals surface area (Å²) in [5, 5.41) is 8.88. The number of carbonyl (C=O) groups is 1. The summed E-state index contributed by atoms with van der Waals surface area (Å²) in [5.41, 5.74) is 2.82. The Hall–Kier alpha value is -1.31. The molecule has 15 heavy (non-hydrogen) atoms. The van der Waals surface area contributed by atoms with Crippen LogP contribution in [0.5, 0.6) is 0 Å². The Balaban J connectivity index is 3.03. The van der Waals surface area contributed by atoms with Crippen molar-refractivity contribution in [3.05, 3.63) is 34.9 Å². The molecular weight excluding hydrogens is 188 g/mol. The van der Waals surface area contributed by atoms with E-state index >= 15 is 0 Å². The van der Waals surface area contributed by atoms with E-state index in [1.54, 1.807) is 12.1 Å². The molecule has 0 heterocycles. The van der Waals surface area contributed by atoms with Crippen LogP contribution in [0, 0.1) is 5.92 Å². The molecule has 1 rings (SSSR count). The van der Waals surface area contributed by atoms with Crippen molar-refractivity contribution >= 4 is 5.97 Å². The fraction of sp³-hybridized carbons (Fsp3) is 0.462. The lowest BCUT2D eigenvalue weighted by molar-refractivity contribution is 0.0697. The second-order valence-corrected chi connectivity index (χ2v) is 4.24. The van der Waals surface area contributed by atoms with E-state index in [0.717, 1.165) is 18.4 Å². The van der Waals surface area contributed by atoms with Crippen LogP contribution in [0.2, 0.25) is 0 Å². The maximum absolute atomic E-state index is 10.8. The Labute approximate surface area is 90.9 Å². The monoisotopic (exact) mass is 206 g/mol. The fourth-order valence-corrected chi connectivity index (χ4v) is 1.73. The van der Waals surface area contributed by atoms with Gasteiger partial charge in [-0.25, -0.2) is 4.79 Å². The highest BCUT2D eigenvalue weighted by Gasteiger charge is 2.08. The highest BCUT2D eigenvalue weighted by atomic mass is 16.4. The molecule has 0 saturated carbocycles. The standard InChI is InChI=1S/C13H18O2/c1-4-10-8-12(13(14)15)6-5-11(10)7-9(2)3/h5-6,8-9H,4,7H2,1-3H3,(H,14,15). The minimum absolute atomic E-state index is 0.388. The molecule has 82 valence electrons. The van der Waals surface area contributed by atoms with Crippen LogP contribution in [0.3, 0.4) is 0 Å². The first kappa shape index (κ1) is 11.8. The van der Waals surface area contributed by atoms with Gasteiger partial charge in [-0.3, -0.25) is 0 Å². The van der Waals surface area contributed by atoms with Gasteiger partial charge in [-0.2, -0.15) is 0 Å². The molecule has 0 aliphatic heterocycles. The molecule has 0 fully saturated rings.